The molecular formula is H3AsGaO4P. The van der Waals surface area contributed by atoms with Crippen molar-refractivity contribution in [3.05, 3.63) is 0 Å². The molecule has 0 amide bonds. The molecular weight excluding hydrogens is 240 g/mol. The first-order valence-electron chi connectivity index (χ1n) is 0.730. The predicted molar refractivity (Wildman–Crippen MR) is 23.3 cm³/mol. The summed E-state index contributed by atoms with van der Waals surface area (Å²) in [6.45, 7) is 0. The third-order valence-corrected chi connectivity index (χ3v) is 0. The fourth-order valence-corrected chi connectivity index (χ4v) is 0. The summed E-state index contributed by atoms with van der Waals surface area (Å²) < 4.78 is 8.55. The molecule has 0 aromatic heterocycles. The average molecular weight is 243 g/mol. The first-order valence-corrected chi connectivity index (χ1v) is 2.19. The molecule has 0 bridgehead atoms. The number of rotatable bonds is 0. The van der Waals surface area contributed by atoms with Crippen LogP contribution in [-0.2, 0) is 4.57 Å². The van der Waals surface area contributed by atoms with Crippen LogP contribution in [0.5, 0.6) is 0 Å². The Hall–Kier alpha value is 1.30. The SMILES string of the molecule is O=P([O-])([O-])[O-].[AsH3].[Ga+3]. The molecule has 0 aliphatic heterocycles. The van der Waals surface area contributed by atoms with Gasteiger partial charge in [-0.3, -0.25) is 0 Å². The minimum absolute atomic E-state index is 0. The first-order chi connectivity index (χ1) is 2.00. The van der Waals surface area contributed by atoms with Crippen LogP contribution in [0, 0.1) is 0 Å². The van der Waals surface area contributed by atoms with Crippen LogP contribution in [0.2, 0.25) is 0 Å². The Morgan fingerprint density at radius 1 is 1.14 bits per heavy atom. The molecule has 0 N–H and O–H groups in total. The molecule has 4 nitrogen and oxygen atoms in total. The van der Waals surface area contributed by atoms with Crippen LogP contribution in [0.3, 0.4) is 0 Å². The fraction of sp³-hybridized carbons (Fsp3) is 0. The second-order valence-corrected chi connectivity index (χ2v) is 1.34. The molecule has 1 atom stereocenters. The monoisotopic (exact) mass is 242 g/mol. The Balaban J connectivity index is -0.0000000800. The Morgan fingerprint density at radius 2 is 1.14 bits per heavy atom. The van der Waals surface area contributed by atoms with Crippen molar-refractivity contribution in [1.82, 2.24) is 0 Å². The second kappa shape index (κ2) is 5.44. The predicted octanol–water partition coefficient (Wildman–Crippen LogP) is -4.39. The Labute approximate surface area is 64.9 Å². The van der Waals surface area contributed by atoms with Crippen molar-refractivity contribution >= 4 is 45.6 Å². The van der Waals surface area contributed by atoms with Gasteiger partial charge in [-0.05, 0) is 0 Å². The van der Waals surface area contributed by atoms with Gasteiger partial charge in [0.15, 0.2) is 0 Å². The molecule has 0 radical (unpaired) electrons. The Morgan fingerprint density at radius 3 is 1.14 bits per heavy atom. The van der Waals surface area contributed by atoms with E-state index in [1.807, 2.05) is 0 Å². The summed E-state index contributed by atoms with van der Waals surface area (Å²) in [4.78, 5) is 25.6. The molecule has 0 aromatic carbocycles. The maximum Gasteiger partial charge on any atom is 3.00 e. The van der Waals surface area contributed by atoms with E-state index in [0.29, 0.717) is 0 Å². The van der Waals surface area contributed by atoms with E-state index in [2.05, 4.69) is 0 Å². The second-order valence-electron chi connectivity index (χ2n) is 0.447. The van der Waals surface area contributed by atoms with Crippen molar-refractivity contribution in [1.29, 1.82) is 0 Å². The van der Waals surface area contributed by atoms with E-state index in [1.165, 1.54) is 0 Å². The summed E-state index contributed by atoms with van der Waals surface area (Å²) in [6.07, 6.45) is 0. The number of hydrogen-bond donors (Lipinski definition) is 0. The first kappa shape index (κ1) is 15.7. The molecule has 0 fully saturated rings. The Bertz CT molecular complexity index is 57.8. The zero-order valence-corrected chi connectivity index (χ0v) is 9.65. The fourth-order valence-electron chi connectivity index (χ4n) is 0. The summed E-state index contributed by atoms with van der Waals surface area (Å²) in [5.41, 5.74) is 0. The smallest absolute Gasteiger partial charge is 3.00 e. The van der Waals surface area contributed by atoms with E-state index >= 15 is 0 Å². The van der Waals surface area contributed by atoms with Gasteiger partial charge in [-0.25, -0.2) is 0 Å². The van der Waals surface area contributed by atoms with Crippen molar-refractivity contribution in [2.75, 3.05) is 0 Å². The van der Waals surface area contributed by atoms with Crippen molar-refractivity contribution in [3.8, 4) is 0 Å². The summed E-state index contributed by atoms with van der Waals surface area (Å²) in [6, 6.07) is 0. The molecule has 0 aliphatic carbocycles. The molecule has 1 unspecified atom stereocenters. The molecule has 0 spiro atoms. The van der Waals surface area contributed by atoms with E-state index in [4.69, 9.17) is 19.2 Å². The van der Waals surface area contributed by atoms with Crippen molar-refractivity contribution in [3.63, 3.8) is 0 Å². The topological polar surface area (TPSA) is 86.2 Å². The van der Waals surface area contributed by atoms with Crippen LogP contribution in [0.4, 0.5) is 0 Å². The van der Waals surface area contributed by atoms with Crippen LogP contribution in [-0.4, -0.2) is 37.7 Å². The Kier molecular flexibility index (Phi) is 12.2. The molecule has 7 heavy (non-hydrogen) atoms. The minimum Gasteiger partial charge on any atom is 3.00 e. The van der Waals surface area contributed by atoms with E-state index < -0.39 is 7.82 Å². The molecule has 40 valence electrons. The van der Waals surface area contributed by atoms with Crippen LogP contribution >= 0.6 is 7.82 Å². The van der Waals surface area contributed by atoms with Gasteiger partial charge in [0.1, 0.15) is 0 Å². The summed E-state index contributed by atoms with van der Waals surface area (Å²) >= 11 is 0. The summed E-state index contributed by atoms with van der Waals surface area (Å²) in [5, 5.41) is 0. The van der Waals surface area contributed by atoms with E-state index in [0.717, 1.165) is 0 Å². The van der Waals surface area contributed by atoms with Gasteiger partial charge in [-0.2, -0.15) is 7.82 Å². The van der Waals surface area contributed by atoms with Crippen LogP contribution < -0.4 is 14.7 Å². The molecule has 0 aliphatic rings. The zero-order valence-electron chi connectivity index (χ0n) is 3.36. The third kappa shape index (κ3) is 121. The third-order valence-electron chi connectivity index (χ3n) is 0. The van der Waals surface area contributed by atoms with E-state index in [1.54, 1.807) is 0 Å². The van der Waals surface area contributed by atoms with E-state index in [-0.39, 0.29) is 37.7 Å². The van der Waals surface area contributed by atoms with Crippen molar-refractivity contribution in [2.45, 2.75) is 0 Å². The van der Waals surface area contributed by atoms with Crippen LogP contribution in [0.15, 0.2) is 0 Å². The average Bonchev–Trinajstić information content (AvgIpc) is 0.722. The largest absolute Gasteiger partial charge is 3.00 e. The summed E-state index contributed by atoms with van der Waals surface area (Å²) in [7, 11) is -5.39. The van der Waals surface area contributed by atoms with Crippen molar-refractivity contribution < 1.29 is 19.2 Å². The zero-order chi connectivity index (χ0) is 4.50. The van der Waals surface area contributed by atoms with Gasteiger partial charge in [0.25, 0.3) is 0 Å². The van der Waals surface area contributed by atoms with Gasteiger partial charge in [0.2, 0.25) is 0 Å². The van der Waals surface area contributed by atoms with Crippen LogP contribution in [0.25, 0.3) is 0 Å². The summed E-state index contributed by atoms with van der Waals surface area (Å²) in [5.74, 6) is 0. The molecule has 7 heteroatoms. The van der Waals surface area contributed by atoms with Gasteiger partial charge >= 0.3 is 37.7 Å². The van der Waals surface area contributed by atoms with Gasteiger partial charge < -0.3 is 19.2 Å². The minimum atomic E-state index is -5.39. The maximum absolute atomic E-state index is 8.55. The van der Waals surface area contributed by atoms with Gasteiger partial charge in [-0.1, -0.05) is 0 Å². The normalized spacial score (nSPS) is 8.43. The van der Waals surface area contributed by atoms with Gasteiger partial charge in [0.05, 0.1) is 0 Å². The molecule has 0 saturated heterocycles. The quantitative estimate of drug-likeness (QED) is 0.317. The van der Waals surface area contributed by atoms with Gasteiger partial charge in [-0.15, -0.1) is 0 Å². The number of phosphoric acid groups is 1. The number of hydrogen-bond acceptors (Lipinski definition) is 4. The maximum atomic E-state index is 8.55. The molecule has 0 aromatic rings. The standard InChI is InChI=1S/AsH3.Ga.H3O4P/c;;1-5(2,3)4/h1H3;;(H3,1,2,3,4)/q;+3;/p-3. The molecule has 0 saturated carbocycles. The molecule has 0 rings (SSSR count). The van der Waals surface area contributed by atoms with Crippen molar-refractivity contribution in [2.24, 2.45) is 0 Å². The molecule has 0 heterocycles. The van der Waals surface area contributed by atoms with E-state index in [9.17, 15) is 0 Å². The van der Waals surface area contributed by atoms with Gasteiger partial charge in [0, 0.05) is 0 Å². The van der Waals surface area contributed by atoms with Crippen LogP contribution in [0.1, 0.15) is 0 Å².